The van der Waals surface area contributed by atoms with Gasteiger partial charge in [-0.25, -0.2) is 5.43 Å². The van der Waals surface area contributed by atoms with Gasteiger partial charge in [0.15, 0.2) is 6.61 Å². The molecule has 0 saturated carbocycles. The number of ether oxygens (including phenoxy) is 2. The highest BCUT2D eigenvalue weighted by atomic mass is 16.5. The number of carbonyl (C=O) groups is 1. The summed E-state index contributed by atoms with van der Waals surface area (Å²) in [4.78, 5) is 11.8. The Morgan fingerprint density at radius 2 is 1.81 bits per heavy atom. The van der Waals surface area contributed by atoms with Crippen LogP contribution >= 0.6 is 0 Å². The number of nitrogens with zero attached hydrogens (tertiary/aromatic N) is 1. The molecule has 0 bridgehead atoms. The molecular formula is C20H24N2O4. The summed E-state index contributed by atoms with van der Waals surface area (Å²) in [7, 11) is 1.53. The van der Waals surface area contributed by atoms with Crippen molar-refractivity contribution in [3.8, 4) is 17.2 Å². The summed E-state index contributed by atoms with van der Waals surface area (Å²) in [5, 5.41) is 13.6. The predicted molar refractivity (Wildman–Crippen MR) is 101 cm³/mol. The first-order valence-electron chi connectivity index (χ1n) is 8.22. The minimum Gasteiger partial charge on any atom is -0.507 e. The number of rotatable bonds is 6. The van der Waals surface area contributed by atoms with E-state index in [0.29, 0.717) is 17.1 Å². The van der Waals surface area contributed by atoms with Gasteiger partial charge >= 0.3 is 0 Å². The molecule has 2 aromatic carbocycles. The molecule has 6 heteroatoms. The molecule has 2 N–H and O–H groups in total. The number of hydrogen-bond donors (Lipinski definition) is 2. The minimum atomic E-state index is -0.400. The van der Waals surface area contributed by atoms with Gasteiger partial charge < -0.3 is 14.6 Å². The quantitative estimate of drug-likeness (QED) is 0.615. The Balaban J connectivity index is 1.85. The molecule has 0 aromatic heterocycles. The Morgan fingerprint density at radius 3 is 2.42 bits per heavy atom. The molecule has 6 nitrogen and oxygen atoms in total. The molecule has 0 unspecified atom stereocenters. The van der Waals surface area contributed by atoms with E-state index in [-0.39, 0.29) is 17.8 Å². The van der Waals surface area contributed by atoms with Gasteiger partial charge in [-0.15, -0.1) is 0 Å². The largest absolute Gasteiger partial charge is 0.507 e. The lowest BCUT2D eigenvalue weighted by Gasteiger charge is -2.19. The van der Waals surface area contributed by atoms with E-state index in [1.807, 2.05) is 24.3 Å². The van der Waals surface area contributed by atoms with Crippen LogP contribution in [-0.4, -0.2) is 30.9 Å². The number of carbonyl (C=O) groups excluding carboxylic acids is 1. The third kappa shape index (κ3) is 5.51. The van der Waals surface area contributed by atoms with E-state index in [4.69, 9.17) is 9.47 Å². The second kappa shape index (κ2) is 8.38. The van der Waals surface area contributed by atoms with Crippen LogP contribution < -0.4 is 14.9 Å². The zero-order valence-corrected chi connectivity index (χ0v) is 15.4. The topological polar surface area (TPSA) is 80.2 Å². The van der Waals surface area contributed by atoms with Crippen molar-refractivity contribution >= 4 is 12.1 Å². The average molecular weight is 356 g/mol. The van der Waals surface area contributed by atoms with Gasteiger partial charge in [-0.1, -0.05) is 32.9 Å². The normalized spacial score (nSPS) is 11.4. The summed E-state index contributed by atoms with van der Waals surface area (Å²) >= 11 is 0. The van der Waals surface area contributed by atoms with Gasteiger partial charge in [0.05, 0.1) is 13.3 Å². The summed E-state index contributed by atoms with van der Waals surface area (Å²) in [6.07, 6.45) is 1.34. The molecule has 0 fully saturated rings. The fourth-order valence-electron chi connectivity index (χ4n) is 2.17. The van der Waals surface area contributed by atoms with E-state index < -0.39 is 5.91 Å². The lowest BCUT2D eigenvalue weighted by Crippen LogP contribution is -2.24. The van der Waals surface area contributed by atoms with Crippen molar-refractivity contribution in [2.24, 2.45) is 5.10 Å². The van der Waals surface area contributed by atoms with Crippen molar-refractivity contribution < 1.29 is 19.4 Å². The lowest BCUT2D eigenvalue weighted by molar-refractivity contribution is -0.123. The molecule has 0 aliphatic rings. The fourth-order valence-corrected chi connectivity index (χ4v) is 2.17. The molecule has 0 radical (unpaired) electrons. The standard InChI is InChI=1S/C20H24N2O4/c1-20(2,3)15-5-7-16(8-6-15)26-13-19(24)22-21-12-14-11-17(25-4)9-10-18(14)23/h5-12,23H,13H2,1-4H3,(H,22,24). The Kier molecular flexibility index (Phi) is 6.22. The van der Waals surface area contributed by atoms with Crippen molar-refractivity contribution in [1.82, 2.24) is 5.43 Å². The van der Waals surface area contributed by atoms with Crippen LogP contribution in [0.15, 0.2) is 47.6 Å². The molecule has 2 aromatic rings. The van der Waals surface area contributed by atoms with Crippen molar-refractivity contribution in [2.45, 2.75) is 26.2 Å². The monoisotopic (exact) mass is 356 g/mol. The van der Waals surface area contributed by atoms with Crippen LogP contribution in [-0.2, 0) is 10.2 Å². The lowest BCUT2D eigenvalue weighted by atomic mass is 9.87. The summed E-state index contributed by atoms with van der Waals surface area (Å²) in [5.74, 6) is 0.836. The second-order valence-electron chi connectivity index (χ2n) is 6.78. The summed E-state index contributed by atoms with van der Waals surface area (Å²) in [6, 6.07) is 12.4. The van der Waals surface area contributed by atoms with Crippen molar-refractivity contribution in [2.75, 3.05) is 13.7 Å². The Morgan fingerprint density at radius 1 is 1.15 bits per heavy atom. The van der Waals surface area contributed by atoms with Crippen molar-refractivity contribution in [3.63, 3.8) is 0 Å². The molecule has 1 amide bonds. The predicted octanol–water partition coefficient (Wildman–Crippen LogP) is 3.23. The van der Waals surface area contributed by atoms with E-state index in [2.05, 4.69) is 31.3 Å². The molecule has 26 heavy (non-hydrogen) atoms. The third-order valence-electron chi connectivity index (χ3n) is 3.72. The molecular weight excluding hydrogens is 332 g/mol. The highest BCUT2D eigenvalue weighted by molar-refractivity contribution is 5.85. The van der Waals surface area contributed by atoms with Crippen LogP contribution in [0.25, 0.3) is 0 Å². The molecule has 0 spiro atoms. The molecule has 0 atom stereocenters. The molecule has 0 aliphatic carbocycles. The number of methoxy groups -OCH3 is 1. The molecule has 0 heterocycles. The Bertz CT molecular complexity index is 777. The van der Waals surface area contributed by atoms with E-state index in [0.717, 1.165) is 0 Å². The van der Waals surface area contributed by atoms with Crippen molar-refractivity contribution in [1.29, 1.82) is 0 Å². The number of hydrogen-bond acceptors (Lipinski definition) is 5. The first-order chi connectivity index (χ1) is 12.3. The Hall–Kier alpha value is -3.02. The molecule has 138 valence electrons. The van der Waals surface area contributed by atoms with Crippen LogP contribution in [0.2, 0.25) is 0 Å². The smallest absolute Gasteiger partial charge is 0.277 e. The fraction of sp³-hybridized carbons (Fsp3) is 0.300. The van der Waals surface area contributed by atoms with Gasteiger partial charge in [-0.3, -0.25) is 4.79 Å². The summed E-state index contributed by atoms with van der Waals surface area (Å²) < 4.78 is 10.5. The van der Waals surface area contributed by atoms with Crippen LogP contribution in [0.1, 0.15) is 31.9 Å². The first-order valence-corrected chi connectivity index (χ1v) is 8.22. The van der Waals surface area contributed by atoms with E-state index >= 15 is 0 Å². The number of aromatic hydroxyl groups is 1. The van der Waals surface area contributed by atoms with Crippen LogP contribution in [0.3, 0.4) is 0 Å². The molecule has 2 rings (SSSR count). The minimum absolute atomic E-state index is 0.0407. The summed E-state index contributed by atoms with van der Waals surface area (Å²) in [5.41, 5.74) is 4.05. The van der Waals surface area contributed by atoms with Crippen LogP contribution in [0.4, 0.5) is 0 Å². The number of amides is 1. The van der Waals surface area contributed by atoms with Gasteiger partial charge in [0.1, 0.15) is 17.2 Å². The van der Waals surface area contributed by atoms with Gasteiger partial charge in [0.2, 0.25) is 0 Å². The van der Waals surface area contributed by atoms with Crippen LogP contribution in [0, 0.1) is 0 Å². The first kappa shape index (κ1) is 19.3. The SMILES string of the molecule is COc1ccc(O)c(C=NNC(=O)COc2ccc(C(C)(C)C)cc2)c1. The summed E-state index contributed by atoms with van der Waals surface area (Å²) in [6.45, 7) is 6.24. The highest BCUT2D eigenvalue weighted by Gasteiger charge is 2.13. The number of benzene rings is 2. The number of hydrazone groups is 1. The highest BCUT2D eigenvalue weighted by Crippen LogP contribution is 2.24. The van der Waals surface area contributed by atoms with Gasteiger partial charge in [-0.2, -0.15) is 5.10 Å². The maximum Gasteiger partial charge on any atom is 0.277 e. The van der Waals surface area contributed by atoms with E-state index in [9.17, 15) is 9.90 Å². The third-order valence-corrected chi connectivity index (χ3v) is 3.72. The molecule has 0 aliphatic heterocycles. The average Bonchev–Trinajstić information content (AvgIpc) is 2.61. The van der Waals surface area contributed by atoms with Crippen LogP contribution in [0.5, 0.6) is 17.2 Å². The second-order valence-corrected chi connectivity index (χ2v) is 6.78. The number of phenolic OH excluding ortho intramolecular Hbond substituents is 1. The van der Waals surface area contributed by atoms with Gasteiger partial charge in [0, 0.05) is 5.56 Å². The van der Waals surface area contributed by atoms with Gasteiger partial charge in [-0.05, 0) is 41.3 Å². The maximum atomic E-state index is 11.8. The van der Waals surface area contributed by atoms with E-state index in [1.54, 1.807) is 12.1 Å². The Labute approximate surface area is 153 Å². The zero-order valence-electron chi connectivity index (χ0n) is 15.4. The molecule has 0 saturated heterocycles. The van der Waals surface area contributed by atoms with Gasteiger partial charge in [0.25, 0.3) is 5.91 Å². The van der Waals surface area contributed by atoms with Crippen molar-refractivity contribution in [3.05, 3.63) is 53.6 Å². The zero-order chi connectivity index (χ0) is 19.2. The number of nitrogens with one attached hydrogen (secondary N) is 1. The van der Waals surface area contributed by atoms with E-state index in [1.165, 1.54) is 25.0 Å². The number of phenols is 1. The maximum absolute atomic E-state index is 11.8.